The standard InChI is InChI=1S/C12H21NO/c1-9(2)12(7-8-14)13-10(3)5-6-11(13)4/h5-6,9,12,14H,7-8H2,1-4H3. The van der Waals surface area contributed by atoms with E-state index in [1.165, 1.54) is 11.4 Å². The highest BCUT2D eigenvalue weighted by molar-refractivity contribution is 5.15. The van der Waals surface area contributed by atoms with Gasteiger partial charge in [-0.1, -0.05) is 13.8 Å². The Balaban J connectivity index is 2.98. The Hall–Kier alpha value is -0.760. The molecule has 0 radical (unpaired) electrons. The van der Waals surface area contributed by atoms with E-state index in [1.807, 2.05) is 0 Å². The number of aromatic nitrogens is 1. The first-order valence-electron chi connectivity index (χ1n) is 5.33. The molecule has 1 rings (SSSR count). The van der Waals surface area contributed by atoms with E-state index >= 15 is 0 Å². The Morgan fingerprint density at radius 2 is 1.71 bits per heavy atom. The first-order chi connectivity index (χ1) is 6.57. The average Bonchev–Trinajstić information content (AvgIpc) is 2.43. The van der Waals surface area contributed by atoms with Crippen molar-refractivity contribution in [3.05, 3.63) is 23.5 Å². The van der Waals surface area contributed by atoms with Gasteiger partial charge in [0, 0.05) is 24.0 Å². The van der Waals surface area contributed by atoms with Crippen molar-refractivity contribution in [1.29, 1.82) is 0 Å². The second kappa shape index (κ2) is 4.65. The van der Waals surface area contributed by atoms with Crippen molar-refractivity contribution in [2.75, 3.05) is 6.61 Å². The molecule has 1 atom stereocenters. The van der Waals surface area contributed by atoms with Crippen LogP contribution in [0.5, 0.6) is 0 Å². The van der Waals surface area contributed by atoms with Gasteiger partial charge in [0.25, 0.3) is 0 Å². The van der Waals surface area contributed by atoms with Gasteiger partial charge in [-0.3, -0.25) is 0 Å². The Labute approximate surface area is 86.6 Å². The van der Waals surface area contributed by atoms with Crippen LogP contribution in [0.25, 0.3) is 0 Å². The van der Waals surface area contributed by atoms with Crippen molar-refractivity contribution in [1.82, 2.24) is 4.57 Å². The third-order valence-corrected chi connectivity index (χ3v) is 2.85. The maximum Gasteiger partial charge on any atom is 0.0450 e. The predicted octanol–water partition coefficient (Wildman–Crippen LogP) is 2.68. The van der Waals surface area contributed by atoms with E-state index in [0.717, 1.165) is 6.42 Å². The summed E-state index contributed by atoms with van der Waals surface area (Å²) in [6.45, 7) is 8.93. The molecule has 0 saturated carbocycles. The fourth-order valence-corrected chi connectivity index (χ4v) is 2.10. The molecular weight excluding hydrogens is 174 g/mol. The molecule has 0 amide bonds. The summed E-state index contributed by atoms with van der Waals surface area (Å²) in [4.78, 5) is 0. The minimum absolute atomic E-state index is 0.264. The van der Waals surface area contributed by atoms with Crippen LogP contribution in [-0.4, -0.2) is 16.3 Å². The molecule has 0 saturated heterocycles. The van der Waals surface area contributed by atoms with Crippen LogP contribution in [0.3, 0.4) is 0 Å². The highest BCUT2D eigenvalue weighted by atomic mass is 16.3. The van der Waals surface area contributed by atoms with Crippen LogP contribution >= 0.6 is 0 Å². The van der Waals surface area contributed by atoms with Gasteiger partial charge in [-0.15, -0.1) is 0 Å². The van der Waals surface area contributed by atoms with E-state index < -0.39 is 0 Å². The number of hydrogen-bond acceptors (Lipinski definition) is 1. The van der Waals surface area contributed by atoms with Gasteiger partial charge in [0.05, 0.1) is 0 Å². The first-order valence-corrected chi connectivity index (χ1v) is 5.33. The minimum Gasteiger partial charge on any atom is -0.396 e. The Morgan fingerprint density at radius 3 is 2.07 bits per heavy atom. The van der Waals surface area contributed by atoms with Gasteiger partial charge < -0.3 is 9.67 Å². The van der Waals surface area contributed by atoms with Crippen molar-refractivity contribution in [3.63, 3.8) is 0 Å². The number of aliphatic hydroxyl groups is 1. The summed E-state index contributed by atoms with van der Waals surface area (Å²) in [6.07, 6.45) is 0.841. The largest absolute Gasteiger partial charge is 0.396 e. The number of aryl methyl sites for hydroxylation is 2. The van der Waals surface area contributed by atoms with Gasteiger partial charge >= 0.3 is 0 Å². The lowest BCUT2D eigenvalue weighted by atomic mass is 10.0. The van der Waals surface area contributed by atoms with Crippen LogP contribution in [0.1, 0.15) is 37.7 Å². The first kappa shape index (κ1) is 11.3. The molecule has 2 heteroatoms. The molecule has 1 heterocycles. The summed E-state index contributed by atoms with van der Waals surface area (Å²) in [5.41, 5.74) is 2.57. The van der Waals surface area contributed by atoms with E-state index in [0.29, 0.717) is 12.0 Å². The zero-order valence-electron chi connectivity index (χ0n) is 9.62. The molecule has 0 aliphatic heterocycles. The van der Waals surface area contributed by atoms with Crippen LogP contribution in [0, 0.1) is 19.8 Å². The molecule has 0 spiro atoms. The Kier molecular flexibility index (Phi) is 3.76. The lowest BCUT2D eigenvalue weighted by molar-refractivity contribution is 0.230. The van der Waals surface area contributed by atoms with Crippen LogP contribution in [-0.2, 0) is 0 Å². The van der Waals surface area contributed by atoms with Gasteiger partial charge in [0.15, 0.2) is 0 Å². The molecule has 14 heavy (non-hydrogen) atoms. The van der Waals surface area contributed by atoms with Crippen molar-refractivity contribution in [2.45, 2.75) is 40.2 Å². The average molecular weight is 195 g/mol. The zero-order valence-corrected chi connectivity index (χ0v) is 9.62. The monoisotopic (exact) mass is 195 g/mol. The smallest absolute Gasteiger partial charge is 0.0450 e. The Morgan fingerprint density at radius 1 is 1.21 bits per heavy atom. The van der Waals surface area contributed by atoms with Crippen LogP contribution in [0.15, 0.2) is 12.1 Å². The summed E-state index contributed by atoms with van der Waals surface area (Å²) in [7, 11) is 0. The molecule has 1 aromatic heterocycles. The summed E-state index contributed by atoms with van der Waals surface area (Å²) in [5, 5.41) is 9.05. The quantitative estimate of drug-likeness (QED) is 0.785. The number of aliphatic hydroxyl groups excluding tert-OH is 1. The molecule has 0 bridgehead atoms. The SMILES string of the molecule is Cc1ccc(C)n1C(CCO)C(C)C. The van der Waals surface area contributed by atoms with E-state index in [1.54, 1.807) is 0 Å². The molecule has 0 aliphatic carbocycles. The number of hydrogen-bond donors (Lipinski definition) is 1. The van der Waals surface area contributed by atoms with Gasteiger partial charge in [0.2, 0.25) is 0 Å². The molecule has 2 nitrogen and oxygen atoms in total. The molecule has 1 aromatic rings. The van der Waals surface area contributed by atoms with Crippen molar-refractivity contribution >= 4 is 0 Å². The molecule has 80 valence electrons. The maximum absolute atomic E-state index is 9.05. The van der Waals surface area contributed by atoms with Gasteiger partial charge in [-0.2, -0.15) is 0 Å². The summed E-state index contributed by atoms with van der Waals surface area (Å²) < 4.78 is 2.33. The second-order valence-corrected chi connectivity index (χ2v) is 4.31. The maximum atomic E-state index is 9.05. The molecule has 0 aliphatic rings. The lowest BCUT2D eigenvalue weighted by Gasteiger charge is -2.25. The lowest BCUT2D eigenvalue weighted by Crippen LogP contribution is -2.18. The topological polar surface area (TPSA) is 25.2 Å². The van der Waals surface area contributed by atoms with Gasteiger partial charge in [-0.05, 0) is 38.3 Å². The fourth-order valence-electron chi connectivity index (χ4n) is 2.10. The number of nitrogens with zero attached hydrogens (tertiary/aromatic N) is 1. The minimum atomic E-state index is 0.264. The van der Waals surface area contributed by atoms with E-state index in [9.17, 15) is 0 Å². The fraction of sp³-hybridized carbons (Fsp3) is 0.667. The van der Waals surface area contributed by atoms with Crippen LogP contribution in [0.4, 0.5) is 0 Å². The van der Waals surface area contributed by atoms with Crippen molar-refractivity contribution < 1.29 is 5.11 Å². The van der Waals surface area contributed by atoms with E-state index in [-0.39, 0.29) is 6.61 Å². The molecule has 1 N–H and O–H groups in total. The van der Waals surface area contributed by atoms with Crippen LogP contribution < -0.4 is 0 Å². The predicted molar refractivity (Wildman–Crippen MR) is 59.5 cm³/mol. The highest BCUT2D eigenvalue weighted by Crippen LogP contribution is 2.25. The molecular formula is C12H21NO. The zero-order chi connectivity index (χ0) is 10.7. The summed E-state index contributed by atoms with van der Waals surface area (Å²) in [6, 6.07) is 4.71. The van der Waals surface area contributed by atoms with Gasteiger partial charge in [0.1, 0.15) is 0 Å². The molecule has 0 fully saturated rings. The van der Waals surface area contributed by atoms with Crippen molar-refractivity contribution in [3.8, 4) is 0 Å². The third-order valence-electron chi connectivity index (χ3n) is 2.85. The number of rotatable bonds is 4. The van der Waals surface area contributed by atoms with Crippen molar-refractivity contribution in [2.24, 2.45) is 5.92 Å². The van der Waals surface area contributed by atoms with Crippen LogP contribution in [0.2, 0.25) is 0 Å². The summed E-state index contributed by atoms with van der Waals surface area (Å²) >= 11 is 0. The van der Waals surface area contributed by atoms with E-state index in [4.69, 9.17) is 5.11 Å². The second-order valence-electron chi connectivity index (χ2n) is 4.31. The highest BCUT2D eigenvalue weighted by Gasteiger charge is 2.17. The summed E-state index contributed by atoms with van der Waals surface area (Å²) in [5.74, 6) is 0.562. The molecule has 0 aromatic carbocycles. The third kappa shape index (κ3) is 2.18. The Bertz CT molecular complexity index is 269. The van der Waals surface area contributed by atoms with Gasteiger partial charge in [-0.25, -0.2) is 0 Å². The van der Waals surface area contributed by atoms with E-state index in [2.05, 4.69) is 44.4 Å². The normalized spacial score (nSPS) is 13.6. The molecule has 1 unspecified atom stereocenters.